The van der Waals surface area contributed by atoms with Gasteiger partial charge in [0.2, 0.25) is 0 Å². The highest BCUT2D eigenvalue weighted by molar-refractivity contribution is 5.20. The number of para-hydroxylation sites is 1. The molecule has 0 bridgehead atoms. The van der Waals surface area contributed by atoms with Crippen molar-refractivity contribution >= 4 is 0 Å². The summed E-state index contributed by atoms with van der Waals surface area (Å²) in [7, 11) is 0. The van der Waals surface area contributed by atoms with Gasteiger partial charge in [-0.25, -0.2) is 0 Å². The lowest BCUT2D eigenvalue weighted by Crippen LogP contribution is -2.54. The Bertz CT molecular complexity index is 354. The van der Waals surface area contributed by atoms with Crippen LogP contribution in [0.4, 0.5) is 0 Å². The van der Waals surface area contributed by atoms with Gasteiger partial charge in [0.25, 0.3) is 0 Å². The molecule has 1 aromatic carbocycles. The predicted molar refractivity (Wildman–Crippen MR) is 72.3 cm³/mol. The number of rotatable bonds is 8. The van der Waals surface area contributed by atoms with E-state index >= 15 is 0 Å². The van der Waals surface area contributed by atoms with Crippen molar-refractivity contribution in [3.63, 3.8) is 0 Å². The topological polar surface area (TPSA) is 47.9 Å². The second-order valence-corrected chi connectivity index (χ2v) is 4.71. The first-order chi connectivity index (χ1) is 9.31. The molecule has 1 fully saturated rings. The van der Waals surface area contributed by atoms with Gasteiger partial charge in [-0.1, -0.05) is 25.1 Å². The monoisotopic (exact) mass is 266 g/mol. The van der Waals surface area contributed by atoms with E-state index < -0.39 is 0 Å². The van der Waals surface area contributed by atoms with Crippen molar-refractivity contribution in [3.8, 4) is 5.75 Å². The van der Waals surface area contributed by atoms with E-state index in [0.717, 1.165) is 12.2 Å². The van der Waals surface area contributed by atoms with Gasteiger partial charge < -0.3 is 19.3 Å². The van der Waals surface area contributed by atoms with Crippen molar-refractivity contribution in [1.82, 2.24) is 0 Å². The molecule has 1 saturated carbocycles. The number of aliphatic hydroxyl groups excluding tert-OH is 1. The van der Waals surface area contributed by atoms with Crippen LogP contribution in [0.25, 0.3) is 0 Å². The molecule has 106 valence electrons. The molecule has 1 aliphatic rings. The van der Waals surface area contributed by atoms with Crippen molar-refractivity contribution in [2.24, 2.45) is 0 Å². The van der Waals surface area contributed by atoms with E-state index in [4.69, 9.17) is 14.2 Å². The molecule has 1 aliphatic carbocycles. The Balaban J connectivity index is 1.60. The van der Waals surface area contributed by atoms with Crippen LogP contribution in [0.5, 0.6) is 5.75 Å². The number of hydrogen-bond acceptors (Lipinski definition) is 4. The second-order valence-electron chi connectivity index (χ2n) is 4.71. The molecule has 0 amide bonds. The highest BCUT2D eigenvalue weighted by Crippen LogP contribution is 2.27. The maximum atomic E-state index is 9.60. The molecule has 0 heterocycles. The van der Waals surface area contributed by atoms with Crippen LogP contribution in [0.2, 0.25) is 0 Å². The Kier molecular flexibility index (Phi) is 5.63. The normalized spacial score (nSPS) is 25.9. The summed E-state index contributed by atoms with van der Waals surface area (Å²) in [5, 5.41) is 9.60. The molecule has 3 atom stereocenters. The minimum absolute atomic E-state index is 0.000855. The molecular weight excluding hydrogens is 244 g/mol. The van der Waals surface area contributed by atoms with Gasteiger partial charge in [-0.15, -0.1) is 0 Å². The Morgan fingerprint density at radius 3 is 2.58 bits per heavy atom. The molecule has 0 aromatic heterocycles. The number of ether oxygens (including phenoxy) is 3. The van der Waals surface area contributed by atoms with Gasteiger partial charge in [-0.2, -0.15) is 0 Å². The summed E-state index contributed by atoms with van der Waals surface area (Å²) in [6.45, 7) is 3.74. The Morgan fingerprint density at radius 1 is 1.11 bits per heavy atom. The maximum absolute atomic E-state index is 9.60. The second kappa shape index (κ2) is 7.48. The lowest BCUT2D eigenvalue weighted by Gasteiger charge is -2.40. The summed E-state index contributed by atoms with van der Waals surface area (Å²) in [5.74, 6) is 0.846. The summed E-state index contributed by atoms with van der Waals surface area (Å²) in [5.41, 5.74) is 0. The minimum Gasteiger partial charge on any atom is -0.491 e. The zero-order valence-corrected chi connectivity index (χ0v) is 11.3. The smallest absolute Gasteiger partial charge is 0.119 e. The van der Waals surface area contributed by atoms with E-state index in [9.17, 15) is 5.11 Å². The molecule has 0 spiro atoms. The quantitative estimate of drug-likeness (QED) is 0.731. The molecule has 19 heavy (non-hydrogen) atoms. The first-order valence-corrected chi connectivity index (χ1v) is 6.90. The standard InChI is InChI=1S/C15H22O4/c1-2-8-19-15-13(16)11-14(15)18-10-9-17-12-6-4-3-5-7-12/h3-7,13-16H,2,8-11H2,1H3. The summed E-state index contributed by atoms with van der Waals surface area (Å²) < 4.78 is 16.8. The third-order valence-corrected chi connectivity index (χ3v) is 3.16. The number of hydrogen-bond donors (Lipinski definition) is 1. The Hall–Kier alpha value is -1.10. The van der Waals surface area contributed by atoms with Crippen molar-refractivity contribution in [2.75, 3.05) is 19.8 Å². The van der Waals surface area contributed by atoms with Crippen molar-refractivity contribution in [1.29, 1.82) is 0 Å². The SMILES string of the molecule is CCCOC1C(O)CC1OCCOc1ccccc1. The average Bonchev–Trinajstić information content (AvgIpc) is 2.43. The lowest BCUT2D eigenvalue weighted by atomic mass is 9.88. The summed E-state index contributed by atoms with van der Waals surface area (Å²) in [4.78, 5) is 0. The summed E-state index contributed by atoms with van der Waals surface area (Å²) in [6.07, 6.45) is 1.05. The van der Waals surface area contributed by atoms with Crippen LogP contribution in [0.3, 0.4) is 0 Å². The van der Waals surface area contributed by atoms with Crippen LogP contribution < -0.4 is 4.74 Å². The van der Waals surface area contributed by atoms with Gasteiger partial charge in [-0.3, -0.25) is 0 Å². The summed E-state index contributed by atoms with van der Waals surface area (Å²) in [6, 6.07) is 9.66. The largest absolute Gasteiger partial charge is 0.491 e. The zero-order chi connectivity index (χ0) is 13.5. The van der Waals surface area contributed by atoms with Gasteiger partial charge in [-0.05, 0) is 18.6 Å². The molecule has 3 unspecified atom stereocenters. The van der Waals surface area contributed by atoms with Gasteiger partial charge in [0, 0.05) is 13.0 Å². The molecule has 1 N–H and O–H groups in total. The van der Waals surface area contributed by atoms with Crippen LogP contribution in [-0.4, -0.2) is 43.2 Å². The van der Waals surface area contributed by atoms with Crippen LogP contribution in [-0.2, 0) is 9.47 Å². The molecule has 4 heteroatoms. The first kappa shape index (κ1) is 14.3. The van der Waals surface area contributed by atoms with Crippen LogP contribution in [0.15, 0.2) is 30.3 Å². The first-order valence-electron chi connectivity index (χ1n) is 6.90. The molecule has 0 saturated heterocycles. The molecule has 2 rings (SSSR count). The van der Waals surface area contributed by atoms with E-state index in [1.54, 1.807) is 0 Å². The zero-order valence-electron chi connectivity index (χ0n) is 11.3. The fraction of sp³-hybridized carbons (Fsp3) is 0.600. The van der Waals surface area contributed by atoms with Crippen molar-refractivity contribution in [3.05, 3.63) is 30.3 Å². The highest BCUT2D eigenvalue weighted by Gasteiger charge is 2.41. The van der Waals surface area contributed by atoms with Gasteiger partial charge in [0.05, 0.1) is 18.8 Å². The average molecular weight is 266 g/mol. The molecule has 0 radical (unpaired) electrons. The lowest BCUT2D eigenvalue weighted by molar-refractivity contribution is -0.193. The van der Waals surface area contributed by atoms with Crippen LogP contribution in [0, 0.1) is 0 Å². The molecular formula is C15H22O4. The number of benzene rings is 1. The van der Waals surface area contributed by atoms with Crippen LogP contribution in [0.1, 0.15) is 19.8 Å². The summed E-state index contributed by atoms with van der Waals surface area (Å²) >= 11 is 0. The predicted octanol–water partition coefficient (Wildman–Crippen LogP) is 2.01. The van der Waals surface area contributed by atoms with E-state index in [0.29, 0.717) is 26.2 Å². The maximum Gasteiger partial charge on any atom is 0.119 e. The molecule has 4 nitrogen and oxygen atoms in total. The van der Waals surface area contributed by atoms with Gasteiger partial charge >= 0.3 is 0 Å². The fourth-order valence-electron chi connectivity index (χ4n) is 2.07. The number of aliphatic hydroxyl groups is 1. The Morgan fingerprint density at radius 2 is 1.89 bits per heavy atom. The highest BCUT2D eigenvalue weighted by atomic mass is 16.6. The fourth-order valence-corrected chi connectivity index (χ4v) is 2.07. The van der Waals surface area contributed by atoms with E-state index in [-0.39, 0.29) is 18.3 Å². The van der Waals surface area contributed by atoms with Crippen molar-refractivity contribution in [2.45, 2.75) is 38.1 Å². The molecule has 0 aliphatic heterocycles. The van der Waals surface area contributed by atoms with E-state index in [1.165, 1.54) is 0 Å². The van der Waals surface area contributed by atoms with Crippen LogP contribution >= 0.6 is 0 Å². The van der Waals surface area contributed by atoms with E-state index in [1.807, 2.05) is 30.3 Å². The minimum atomic E-state index is -0.383. The Labute approximate surface area is 114 Å². The third kappa shape index (κ3) is 4.20. The van der Waals surface area contributed by atoms with E-state index in [2.05, 4.69) is 6.92 Å². The molecule has 1 aromatic rings. The van der Waals surface area contributed by atoms with Gasteiger partial charge in [0.1, 0.15) is 18.5 Å². The van der Waals surface area contributed by atoms with Gasteiger partial charge in [0.15, 0.2) is 0 Å². The third-order valence-electron chi connectivity index (χ3n) is 3.16. The van der Waals surface area contributed by atoms with Crippen molar-refractivity contribution < 1.29 is 19.3 Å².